The van der Waals surface area contributed by atoms with Gasteiger partial charge in [-0.25, -0.2) is 9.97 Å². The molecular weight excluding hydrogens is 508 g/mol. The molecule has 0 fully saturated rings. The number of benzene rings is 1. The summed E-state index contributed by atoms with van der Waals surface area (Å²) in [5, 5.41) is 17.9. The Morgan fingerprint density at radius 3 is 2.84 bits per heavy atom. The fourth-order valence-electron chi connectivity index (χ4n) is 3.85. The molecule has 1 atom stereocenters. The van der Waals surface area contributed by atoms with Crippen LogP contribution in [0.1, 0.15) is 30.7 Å². The number of hydrogen-bond acceptors (Lipinski definition) is 8. The summed E-state index contributed by atoms with van der Waals surface area (Å²) < 4.78 is 7.68. The van der Waals surface area contributed by atoms with Crippen LogP contribution in [0.15, 0.2) is 57.3 Å². The highest BCUT2D eigenvalue weighted by atomic mass is 32.2. The van der Waals surface area contributed by atoms with Crippen molar-refractivity contribution < 1.29 is 14.0 Å². The molecule has 0 saturated carbocycles. The predicted octanol–water partition coefficient (Wildman–Crippen LogP) is 5.14. The summed E-state index contributed by atoms with van der Waals surface area (Å²) in [5.74, 6) is 0.838. The average molecular weight is 531 g/mol. The summed E-state index contributed by atoms with van der Waals surface area (Å²) in [5.41, 5.74) is 4.18. The summed E-state index contributed by atoms with van der Waals surface area (Å²) in [4.78, 5) is 33.3. The van der Waals surface area contributed by atoms with E-state index in [4.69, 9.17) is 4.42 Å². The highest BCUT2D eigenvalue weighted by Crippen LogP contribution is 2.32. The number of thioether (sulfide) groups is 1. The lowest BCUT2D eigenvalue weighted by Gasteiger charge is -2.14. The van der Waals surface area contributed by atoms with E-state index in [9.17, 15) is 14.9 Å². The Kier molecular flexibility index (Phi) is 6.69. The van der Waals surface area contributed by atoms with Crippen molar-refractivity contribution in [3.8, 4) is 17.5 Å². The van der Waals surface area contributed by atoms with Gasteiger partial charge in [-0.2, -0.15) is 5.26 Å². The maximum absolute atomic E-state index is 13.1. The number of thiazole rings is 1. The number of nitrogens with one attached hydrogen (secondary N) is 2. The molecule has 0 aliphatic rings. The van der Waals surface area contributed by atoms with E-state index in [1.165, 1.54) is 30.0 Å². The van der Waals surface area contributed by atoms with E-state index < -0.39 is 5.25 Å². The topological polar surface area (TPSA) is 125 Å². The van der Waals surface area contributed by atoms with Gasteiger partial charge in [0.2, 0.25) is 11.8 Å². The van der Waals surface area contributed by atoms with Crippen LogP contribution in [0.5, 0.6) is 0 Å². The van der Waals surface area contributed by atoms with E-state index in [2.05, 4.69) is 26.7 Å². The lowest BCUT2D eigenvalue weighted by Crippen LogP contribution is -2.22. The van der Waals surface area contributed by atoms with Crippen molar-refractivity contribution in [1.82, 2.24) is 19.7 Å². The van der Waals surface area contributed by atoms with Crippen molar-refractivity contribution in [3.05, 3.63) is 64.7 Å². The normalized spacial score (nSPS) is 11.9. The monoisotopic (exact) mass is 530 g/mol. The van der Waals surface area contributed by atoms with Gasteiger partial charge in [0.25, 0.3) is 0 Å². The van der Waals surface area contributed by atoms with Crippen LogP contribution in [0.4, 0.5) is 5.13 Å². The Labute approximate surface area is 220 Å². The molecule has 0 aliphatic carbocycles. The summed E-state index contributed by atoms with van der Waals surface area (Å²) in [6.45, 7) is 5.45. The van der Waals surface area contributed by atoms with Crippen molar-refractivity contribution in [2.24, 2.45) is 0 Å². The maximum Gasteiger partial charge on any atom is 0.239 e. The molecule has 0 bridgehead atoms. The second kappa shape index (κ2) is 10.1. The van der Waals surface area contributed by atoms with Gasteiger partial charge in [-0.05, 0) is 49.7 Å². The number of fused-ring (bicyclic) bond motifs is 3. The van der Waals surface area contributed by atoms with Crippen molar-refractivity contribution in [2.75, 3.05) is 5.32 Å². The Morgan fingerprint density at radius 1 is 1.24 bits per heavy atom. The summed E-state index contributed by atoms with van der Waals surface area (Å²) in [6.07, 6.45) is 0. The molecule has 1 aromatic carbocycles. The third-order valence-corrected chi connectivity index (χ3v) is 7.54. The van der Waals surface area contributed by atoms with E-state index in [-0.39, 0.29) is 11.8 Å². The standard InChI is InChI=1S/C26H22N6O3S2/c1-14-10-23(32-21-7-5-4-6-19(21)29-24(32)18(14)11-27)37-15(2)25(34)31-26-30-20(13-36-26)22-9-8-17(35-22)12-28-16(3)33/h4-10,13,15H,12H2,1-3H3,(H,28,33)(H,30,31,34). The van der Waals surface area contributed by atoms with Crippen LogP contribution < -0.4 is 10.6 Å². The van der Waals surface area contributed by atoms with E-state index in [1.54, 1.807) is 17.5 Å². The summed E-state index contributed by atoms with van der Waals surface area (Å²) >= 11 is 2.70. The van der Waals surface area contributed by atoms with E-state index in [0.717, 1.165) is 21.6 Å². The van der Waals surface area contributed by atoms with Crippen LogP contribution in [0.25, 0.3) is 28.1 Å². The minimum Gasteiger partial charge on any atom is -0.458 e. The molecule has 4 aromatic heterocycles. The van der Waals surface area contributed by atoms with Gasteiger partial charge in [0.1, 0.15) is 17.5 Å². The zero-order valence-electron chi connectivity index (χ0n) is 20.2. The molecule has 37 heavy (non-hydrogen) atoms. The SMILES string of the molecule is CC(=O)NCc1ccc(-c2csc(NC(=O)C(C)Sc3cc(C)c(C#N)c4nc5ccccc5n34)n2)o1. The first-order valence-corrected chi connectivity index (χ1v) is 13.2. The molecular formula is C26H22N6O3S2. The number of para-hydroxylation sites is 2. The fourth-order valence-corrected chi connectivity index (χ4v) is 5.61. The molecule has 9 nitrogen and oxygen atoms in total. The number of amides is 2. The molecule has 0 saturated heterocycles. The van der Waals surface area contributed by atoms with Gasteiger partial charge < -0.3 is 15.1 Å². The van der Waals surface area contributed by atoms with Crippen molar-refractivity contribution in [2.45, 2.75) is 37.6 Å². The van der Waals surface area contributed by atoms with Gasteiger partial charge in [-0.1, -0.05) is 23.9 Å². The van der Waals surface area contributed by atoms with Crippen LogP contribution >= 0.6 is 23.1 Å². The molecule has 4 heterocycles. The fraction of sp³-hybridized carbons (Fsp3) is 0.192. The molecule has 5 aromatic rings. The molecule has 186 valence electrons. The number of aryl methyl sites for hydroxylation is 1. The van der Waals surface area contributed by atoms with Gasteiger partial charge in [0.05, 0.1) is 33.4 Å². The number of hydrogen-bond donors (Lipinski definition) is 2. The van der Waals surface area contributed by atoms with E-state index in [0.29, 0.717) is 40.1 Å². The minimum atomic E-state index is -0.447. The molecule has 2 N–H and O–H groups in total. The number of imidazole rings is 1. The van der Waals surface area contributed by atoms with E-state index >= 15 is 0 Å². The highest BCUT2D eigenvalue weighted by Gasteiger charge is 2.21. The van der Waals surface area contributed by atoms with Crippen molar-refractivity contribution in [3.63, 3.8) is 0 Å². The number of anilines is 1. The first-order valence-electron chi connectivity index (χ1n) is 11.4. The number of nitriles is 1. The van der Waals surface area contributed by atoms with Gasteiger partial charge in [0.15, 0.2) is 16.5 Å². The van der Waals surface area contributed by atoms with Crippen LogP contribution in [0, 0.1) is 18.3 Å². The van der Waals surface area contributed by atoms with E-state index in [1.807, 2.05) is 48.6 Å². The molecule has 5 rings (SSSR count). The smallest absolute Gasteiger partial charge is 0.239 e. The highest BCUT2D eigenvalue weighted by molar-refractivity contribution is 8.00. The lowest BCUT2D eigenvalue weighted by atomic mass is 10.2. The summed E-state index contributed by atoms with van der Waals surface area (Å²) in [6, 6.07) is 15.4. The largest absolute Gasteiger partial charge is 0.458 e. The zero-order chi connectivity index (χ0) is 26.1. The number of furan rings is 1. The number of carbonyl (C=O) groups excluding carboxylic acids is 2. The molecule has 1 unspecified atom stereocenters. The Hall–Kier alpha value is -4.14. The lowest BCUT2D eigenvalue weighted by molar-refractivity contribution is -0.119. The number of pyridine rings is 1. The average Bonchev–Trinajstić information content (AvgIpc) is 3.61. The molecule has 11 heteroatoms. The first kappa shape index (κ1) is 24.5. The van der Waals surface area contributed by atoms with Gasteiger partial charge in [-0.3, -0.25) is 14.0 Å². The first-order chi connectivity index (χ1) is 17.8. The zero-order valence-corrected chi connectivity index (χ0v) is 21.9. The van der Waals surface area contributed by atoms with Crippen molar-refractivity contribution in [1.29, 1.82) is 5.26 Å². The Balaban J connectivity index is 1.34. The van der Waals surface area contributed by atoms with Crippen LogP contribution in [-0.4, -0.2) is 31.4 Å². The Morgan fingerprint density at radius 2 is 2.05 bits per heavy atom. The van der Waals surface area contributed by atoms with Gasteiger partial charge in [0, 0.05) is 12.3 Å². The number of rotatable bonds is 7. The number of aromatic nitrogens is 3. The van der Waals surface area contributed by atoms with Crippen LogP contribution in [0.3, 0.4) is 0 Å². The molecule has 0 spiro atoms. The second-order valence-electron chi connectivity index (χ2n) is 8.37. The predicted molar refractivity (Wildman–Crippen MR) is 143 cm³/mol. The van der Waals surface area contributed by atoms with Gasteiger partial charge in [-0.15, -0.1) is 11.3 Å². The molecule has 0 aliphatic heterocycles. The summed E-state index contributed by atoms with van der Waals surface area (Å²) in [7, 11) is 0. The van der Waals surface area contributed by atoms with Crippen LogP contribution in [0.2, 0.25) is 0 Å². The quantitative estimate of drug-likeness (QED) is 0.279. The molecule has 0 radical (unpaired) electrons. The second-order valence-corrected chi connectivity index (χ2v) is 10.6. The Bertz CT molecular complexity index is 1690. The molecule has 2 amide bonds. The van der Waals surface area contributed by atoms with Gasteiger partial charge >= 0.3 is 0 Å². The maximum atomic E-state index is 13.1. The number of carbonyl (C=O) groups is 2. The minimum absolute atomic E-state index is 0.137. The van der Waals surface area contributed by atoms with Crippen LogP contribution in [-0.2, 0) is 16.1 Å². The van der Waals surface area contributed by atoms with Crippen molar-refractivity contribution >= 4 is 56.7 Å². The third kappa shape index (κ3) is 4.94. The third-order valence-electron chi connectivity index (χ3n) is 5.68. The number of nitrogens with zero attached hydrogens (tertiary/aromatic N) is 4.